The second-order valence-corrected chi connectivity index (χ2v) is 5.07. The molecule has 1 aromatic rings. The highest BCUT2D eigenvalue weighted by atomic mass is 16.5. The summed E-state index contributed by atoms with van der Waals surface area (Å²) in [6.07, 6.45) is 3.38. The smallest absolute Gasteiger partial charge is 0.228 e. The number of anilines is 1. The second kappa shape index (κ2) is 6.70. The maximum absolute atomic E-state index is 5.63. The third-order valence-electron chi connectivity index (χ3n) is 3.39. The van der Waals surface area contributed by atoms with Gasteiger partial charge in [-0.1, -0.05) is 6.92 Å². The average molecular weight is 264 g/mol. The van der Waals surface area contributed by atoms with Crippen LogP contribution in [0.4, 0.5) is 5.95 Å². The number of ether oxygens (including phenoxy) is 1. The summed E-state index contributed by atoms with van der Waals surface area (Å²) in [7, 11) is 2.01. The Morgan fingerprint density at radius 2 is 2.32 bits per heavy atom. The van der Waals surface area contributed by atoms with Crippen molar-refractivity contribution in [1.29, 1.82) is 0 Å². The Balaban J connectivity index is 2.11. The van der Waals surface area contributed by atoms with Gasteiger partial charge >= 0.3 is 0 Å². The third-order valence-corrected chi connectivity index (χ3v) is 3.39. The normalized spacial score (nSPS) is 19.5. The molecule has 2 rings (SSSR count). The van der Waals surface area contributed by atoms with Crippen LogP contribution in [0.1, 0.15) is 31.9 Å². The van der Waals surface area contributed by atoms with Gasteiger partial charge in [-0.15, -0.1) is 0 Å². The largest absolute Gasteiger partial charge is 0.478 e. The highest BCUT2D eigenvalue weighted by Crippen LogP contribution is 2.19. The van der Waals surface area contributed by atoms with Crippen molar-refractivity contribution in [2.75, 3.05) is 31.6 Å². The predicted molar refractivity (Wildman–Crippen MR) is 76.8 cm³/mol. The quantitative estimate of drug-likeness (QED) is 0.878. The summed E-state index contributed by atoms with van der Waals surface area (Å²) in [6.45, 7) is 6.78. The van der Waals surface area contributed by atoms with Gasteiger partial charge in [-0.3, -0.25) is 0 Å². The van der Waals surface area contributed by atoms with E-state index in [4.69, 9.17) is 4.74 Å². The van der Waals surface area contributed by atoms with E-state index in [1.807, 2.05) is 20.0 Å². The van der Waals surface area contributed by atoms with Crippen LogP contribution >= 0.6 is 0 Å². The zero-order valence-electron chi connectivity index (χ0n) is 12.1. The standard InChI is InChI=1S/C14H24N4O/c1-4-8-19-13-9-11(2)16-14(17-13)18-7-5-6-12(10-18)15-3/h9,12,15H,4-8,10H2,1-3H3. The Morgan fingerprint density at radius 3 is 3.05 bits per heavy atom. The van der Waals surface area contributed by atoms with Gasteiger partial charge in [0.1, 0.15) is 0 Å². The molecule has 1 fully saturated rings. The Morgan fingerprint density at radius 1 is 1.47 bits per heavy atom. The molecular weight excluding hydrogens is 240 g/mol. The summed E-state index contributed by atoms with van der Waals surface area (Å²) in [4.78, 5) is 11.3. The first-order valence-electron chi connectivity index (χ1n) is 7.13. The van der Waals surface area contributed by atoms with Crippen LogP contribution in [0.2, 0.25) is 0 Å². The maximum atomic E-state index is 5.63. The van der Waals surface area contributed by atoms with E-state index in [2.05, 4.69) is 27.1 Å². The second-order valence-electron chi connectivity index (χ2n) is 5.07. The Bertz CT molecular complexity index is 410. The van der Waals surface area contributed by atoms with Crippen molar-refractivity contribution >= 4 is 5.95 Å². The van der Waals surface area contributed by atoms with E-state index in [0.717, 1.165) is 31.2 Å². The molecule has 2 heterocycles. The summed E-state index contributed by atoms with van der Waals surface area (Å²) in [5.41, 5.74) is 0.961. The van der Waals surface area contributed by atoms with Crippen molar-refractivity contribution in [3.05, 3.63) is 11.8 Å². The van der Waals surface area contributed by atoms with Crippen LogP contribution in [-0.4, -0.2) is 42.8 Å². The molecular formula is C14H24N4O. The summed E-state index contributed by atoms with van der Waals surface area (Å²) in [6, 6.07) is 2.43. The highest BCUT2D eigenvalue weighted by Gasteiger charge is 2.21. The van der Waals surface area contributed by atoms with E-state index >= 15 is 0 Å². The van der Waals surface area contributed by atoms with Crippen molar-refractivity contribution in [2.24, 2.45) is 0 Å². The molecule has 1 atom stereocenters. The van der Waals surface area contributed by atoms with E-state index < -0.39 is 0 Å². The van der Waals surface area contributed by atoms with Gasteiger partial charge < -0.3 is 15.0 Å². The molecule has 19 heavy (non-hydrogen) atoms. The molecule has 0 radical (unpaired) electrons. The Kier molecular flexibility index (Phi) is 4.96. The van der Waals surface area contributed by atoms with E-state index in [1.165, 1.54) is 12.8 Å². The molecule has 1 aromatic heterocycles. The lowest BCUT2D eigenvalue weighted by Gasteiger charge is -2.32. The summed E-state index contributed by atoms with van der Waals surface area (Å²) >= 11 is 0. The van der Waals surface area contributed by atoms with E-state index in [0.29, 0.717) is 18.5 Å². The molecule has 1 unspecified atom stereocenters. The fourth-order valence-electron chi connectivity index (χ4n) is 2.34. The fourth-order valence-corrected chi connectivity index (χ4v) is 2.34. The number of likely N-dealkylation sites (N-methyl/N-ethyl adjacent to an activating group) is 1. The van der Waals surface area contributed by atoms with Gasteiger partial charge in [-0.2, -0.15) is 4.98 Å². The molecule has 0 aromatic carbocycles. The zero-order valence-corrected chi connectivity index (χ0v) is 12.1. The highest BCUT2D eigenvalue weighted by molar-refractivity contribution is 5.35. The van der Waals surface area contributed by atoms with Crippen molar-refractivity contribution in [1.82, 2.24) is 15.3 Å². The lowest BCUT2D eigenvalue weighted by Crippen LogP contribution is -2.45. The number of aryl methyl sites for hydroxylation is 1. The van der Waals surface area contributed by atoms with E-state index in [1.54, 1.807) is 0 Å². The minimum atomic E-state index is 0.526. The predicted octanol–water partition coefficient (Wildman–Crippen LogP) is 1.76. The topological polar surface area (TPSA) is 50.3 Å². The third kappa shape index (κ3) is 3.80. The van der Waals surface area contributed by atoms with Gasteiger partial charge in [-0.25, -0.2) is 4.98 Å². The summed E-state index contributed by atoms with van der Waals surface area (Å²) in [5, 5.41) is 3.34. The first-order valence-corrected chi connectivity index (χ1v) is 7.13. The molecule has 1 aliphatic heterocycles. The lowest BCUT2D eigenvalue weighted by atomic mass is 10.1. The van der Waals surface area contributed by atoms with Gasteiger partial charge in [0.2, 0.25) is 11.8 Å². The van der Waals surface area contributed by atoms with Gasteiger partial charge in [0.05, 0.1) is 6.61 Å². The molecule has 106 valence electrons. The van der Waals surface area contributed by atoms with Gasteiger partial charge in [0.15, 0.2) is 0 Å². The number of aromatic nitrogens is 2. The van der Waals surface area contributed by atoms with Crippen LogP contribution in [0, 0.1) is 6.92 Å². The van der Waals surface area contributed by atoms with Crippen molar-refractivity contribution < 1.29 is 4.74 Å². The average Bonchev–Trinajstić information content (AvgIpc) is 2.44. The van der Waals surface area contributed by atoms with E-state index in [9.17, 15) is 0 Å². The minimum Gasteiger partial charge on any atom is -0.478 e. The molecule has 0 spiro atoms. The van der Waals surface area contributed by atoms with Crippen LogP contribution in [-0.2, 0) is 0 Å². The molecule has 0 amide bonds. The first-order chi connectivity index (χ1) is 9.22. The van der Waals surface area contributed by atoms with Crippen molar-refractivity contribution in [3.8, 4) is 5.88 Å². The van der Waals surface area contributed by atoms with Crippen LogP contribution < -0.4 is 15.0 Å². The Hall–Kier alpha value is -1.36. The minimum absolute atomic E-state index is 0.526. The maximum Gasteiger partial charge on any atom is 0.228 e. The lowest BCUT2D eigenvalue weighted by molar-refractivity contribution is 0.304. The van der Waals surface area contributed by atoms with Crippen LogP contribution in [0.25, 0.3) is 0 Å². The number of hydrogen-bond donors (Lipinski definition) is 1. The summed E-state index contributed by atoms with van der Waals surface area (Å²) < 4.78 is 5.63. The SMILES string of the molecule is CCCOc1cc(C)nc(N2CCCC(NC)C2)n1. The number of nitrogens with zero attached hydrogens (tertiary/aromatic N) is 3. The number of rotatable bonds is 5. The van der Waals surface area contributed by atoms with Crippen molar-refractivity contribution in [3.63, 3.8) is 0 Å². The van der Waals surface area contributed by atoms with Crippen LogP contribution in [0.5, 0.6) is 5.88 Å². The van der Waals surface area contributed by atoms with Crippen LogP contribution in [0.15, 0.2) is 6.07 Å². The fraction of sp³-hybridized carbons (Fsp3) is 0.714. The number of piperidine rings is 1. The number of hydrogen-bond acceptors (Lipinski definition) is 5. The molecule has 1 aliphatic rings. The molecule has 1 N–H and O–H groups in total. The van der Waals surface area contributed by atoms with Gasteiger partial charge in [0, 0.05) is 30.9 Å². The molecule has 1 saturated heterocycles. The van der Waals surface area contributed by atoms with Gasteiger partial charge in [0.25, 0.3) is 0 Å². The number of nitrogens with one attached hydrogen (secondary N) is 1. The monoisotopic (exact) mass is 264 g/mol. The summed E-state index contributed by atoms with van der Waals surface area (Å²) in [5.74, 6) is 1.49. The van der Waals surface area contributed by atoms with E-state index in [-0.39, 0.29) is 0 Å². The molecule has 0 aliphatic carbocycles. The Labute approximate surface area is 115 Å². The van der Waals surface area contributed by atoms with Gasteiger partial charge in [-0.05, 0) is 33.2 Å². The molecule has 0 saturated carbocycles. The van der Waals surface area contributed by atoms with Crippen molar-refractivity contribution in [2.45, 2.75) is 39.2 Å². The molecule has 5 nitrogen and oxygen atoms in total. The first kappa shape index (κ1) is 14.1. The zero-order chi connectivity index (χ0) is 13.7. The molecule has 5 heteroatoms. The molecule has 0 bridgehead atoms. The van der Waals surface area contributed by atoms with Crippen LogP contribution in [0.3, 0.4) is 0 Å².